The summed E-state index contributed by atoms with van der Waals surface area (Å²) in [6, 6.07) is 3.86. The standard InChI is InChI=1S/C14H17N3O2/c1-9-4-5-10-12(15-9)17-11(16-10)8-14(13(18)19)6-2-3-7-14/h4-5H,2-3,6-8H2,1H3,(H,18,19)(H,15,16,17). The fourth-order valence-corrected chi connectivity index (χ4v) is 2.96. The molecule has 1 aliphatic rings. The van der Waals surface area contributed by atoms with Crippen LogP contribution in [-0.4, -0.2) is 26.0 Å². The summed E-state index contributed by atoms with van der Waals surface area (Å²) < 4.78 is 0. The summed E-state index contributed by atoms with van der Waals surface area (Å²) in [6.45, 7) is 1.92. The second kappa shape index (κ2) is 4.33. The molecule has 5 nitrogen and oxygen atoms in total. The molecule has 2 aromatic heterocycles. The molecule has 0 aliphatic heterocycles. The number of aromatic nitrogens is 3. The maximum atomic E-state index is 11.5. The third kappa shape index (κ3) is 2.09. The van der Waals surface area contributed by atoms with E-state index in [1.165, 1.54) is 0 Å². The van der Waals surface area contributed by atoms with Gasteiger partial charge in [0.15, 0.2) is 5.65 Å². The molecule has 0 aromatic carbocycles. The molecular formula is C14H17N3O2. The van der Waals surface area contributed by atoms with Crippen LogP contribution in [-0.2, 0) is 11.2 Å². The van der Waals surface area contributed by atoms with Crippen LogP contribution >= 0.6 is 0 Å². The van der Waals surface area contributed by atoms with Gasteiger partial charge in [-0.1, -0.05) is 12.8 Å². The molecule has 0 bridgehead atoms. The Morgan fingerprint density at radius 2 is 2.11 bits per heavy atom. The number of imidazole rings is 1. The Balaban J connectivity index is 1.94. The summed E-state index contributed by atoms with van der Waals surface area (Å²) in [7, 11) is 0. The lowest BCUT2D eigenvalue weighted by molar-refractivity contribution is -0.148. The SMILES string of the molecule is Cc1ccc2[nH]c(CC3(C(=O)O)CCCC3)nc2n1. The van der Waals surface area contributed by atoms with Gasteiger partial charge >= 0.3 is 5.97 Å². The van der Waals surface area contributed by atoms with E-state index in [0.717, 1.165) is 42.7 Å². The predicted molar refractivity (Wildman–Crippen MR) is 70.9 cm³/mol. The van der Waals surface area contributed by atoms with Crippen molar-refractivity contribution < 1.29 is 9.90 Å². The molecule has 19 heavy (non-hydrogen) atoms. The molecule has 2 aromatic rings. The van der Waals surface area contributed by atoms with Crippen LogP contribution in [0, 0.1) is 12.3 Å². The number of fused-ring (bicyclic) bond motifs is 1. The van der Waals surface area contributed by atoms with Crippen molar-refractivity contribution >= 4 is 17.1 Å². The predicted octanol–water partition coefficient (Wildman–Crippen LogP) is 2.45. The lowest BCUT2D eigenvalue weighted by atomic mass is 9.82. The van der Waals surface area contributed by atoms with Gasteiger partial charge in [-0.25, -0.2) is 9.97 Å². The normalized spacial score (nSPS) is 17.9. The van der Waals surface area contributed by atoms with Gasteiger partial charge < -0.3 is 10.1 Å². The first-order valence-electron chi connectivity index (χ1n) is 6.65. The van der Waals surface area contributed by atoms with Gasteiger partial charge in [-0.05, 0) is 31.9 Å². The van der Waals surface area contributed by atoms with E-state index in [2.05, 4.69) is 15.0 Å². The van der Waals surface area contributed by atoms with Gasteiger partial charge in [0.1, 0.15) is 5.82 Å². The highest BCUT2D eigenvalue weighted by molar-refractivity contribution is 5.76. The van der Waals surface area contributed by atoms with Gasteiger partial charge in [-0.15, -0.1) is 0 Å². The average molecular weight is 259 g/mol. The molecule has 5 heteroatoms. The maximum absolute atomic E-state index is 11.5. The minimum absolute atomic E-state index is 0.470. The highest BCUT2D eigenvalue weighted by Gasteiger charge is 2.42. The molecule has 0 saturated heterocycles. The molecule has 2 N–H and O–H groups in total. The zero-order valence-electron chi connectivity index (χ0n) is 10.9. The van der Waals surface area contributed by atoms with Crippen LogP contribution in [0.1, 0.15) is 37.2 Å². The van der Waals surface area contributed by atoms with Gasteiger partial charge in [-0.3, -0.25) is 4.79 Å². The number of hydrogen-bond donors (Lipinski definition) is 2. The first-order valence-corrected chi connectivity index (χ1v) is 6.65. The summed E-state index contributed by atoms with van der Waals surface area (Å²) in [5.41, 5.74) is 1.83. The van der Waals surface area contributed by atoms with Crippen molar-refractivity contribution in [3.05, 3.63) is 23.7 Å². The van der Waals surface area contributed by atoms with E-state index < -0.39 is 11.4 Å². The number of hydrogen-bond acceptors (Lipinski definition) is 3. The molecule has 0 atom stereocenters. The second-order valence-corrected chi connectivity index (χ2v) is 5.48. The number of nitrogens with one attached hydrogen (secondary N) is 1. The Morgan fingerprint density at radius 3 is 2.79 bits per heavy atom. The third-order valence-electron chi connectivity index (χ3n) is 4.05. The fraction of sp³-hybridized carbons (Fsp3) is 0.500. The van der Waals surface area contributed by atoms with E-state index in [9.17, 15) is 9.90 Å². The van der Waals surface area contributed by atoms with E-state index in [-0.39, 0.29) is 0 Å². The lowest BCUT2D eigenvalue weighted by Gasteiger charge is -2.22. The monoisotopic (exact) mass is 259 g/mol. The van der Waals surface area contributed by atoms with Crippen LogP contribution in [0.4, 0.5) is 0 Å². The Kier molecular flexibility index (Phi) is 2.77. The van der Waals surface area contributed by atoms with Crippen molar-refractivity contribution in [3.63, 3.8) is 0 Å². The van der Waals surface area contributed by atoms with Crippen LogP contribution in [0.15, 0.2) is 12.1 Å². The van der Waals surface area contributed by atoms with Crippen molar-refractivity contribution in [2.24, 2.45) is 5.41 Å². The van der Waals surface area contributed by atoms with Gasteiger partial charge in [0, 0.05) is 12.1 Å². The summed E-state index contributed by atoms with van der Waals surface area (Å²) in [4.78, 5) is 23.5. The number of aryl methyl sites for hydroxylation is 1. The zero-order valence-corrected chi connectivity index (χ0v) is 10.9. The first kappa shape index (κ1) is 12.1. The molecule has 100 valence electrons. The highest BCUT2D eigenvalue weighted by Crippen LogP contribution is 2.40. The van der Waals surface area contributed by atoms with E-state index in [4.69, 9.17) is 0 Å². The zero-order chi connectivity index (χ0) is 13.5. The molecule has 3 rings (SSSR count). The smallest absolute Gasteiger partial charge is 0.310 e. The molecule has 1 saturated carbocycles. The Bertz CT molecular complexity index is 627. The number of rotatable bonds is 3. The Labute approximate surface area is 111 Å². The van der Waals surface area contributed by atoms with E-state index in [0.29, 0.717) is 12.1 Å². The minimum atomic E-state index is -0.699. The van der Waals surface area contributed by atoms with Gasteiger partial charge in [0.05, 0.1) is 10.9 Å². The number of carboxylic acids is 1. The molecule has 0 radical (unpaired) electrons. The fourth-order valence-electron chi connectivity index (χ4n) is 2.96. The molecule has 2 heterocycles. The largest absolute Gasteiger partial charge is 0.481 e. The van der Waals surface area contributed by atoms with Gasteiger partial charge in [0.2, 0.25) is 0 Å². The van der Waals surface area contributed by atoms with E-state index in [1.54, 1.807) is 0 Å². The number of carboxylic acid groups (broad SMARTS) is 1. The average Bonchev–Trinajstić information content (AvgIpc) is 2.96. The topological polar surface area (TPSA) is 78.9 Å². The van der Waals surface area contributed by atoms with Crippen molar-refractivity contribution in [1.82, 2.24) is 15.0 Å². The summed E-state index contributed by atoms with van der Waals surface area (Å²) >= 11 is 0. The van der Waals surface area contributed by atoms with Gasteiger partial charge in [-0.2, -0.15) is 0 Å². The van der Waals surface area contributed by atoms with Crippen molar-refractivity contribution in [3.8, 4) is 0 Å². The summed E-state index contributed by atoms with van der Waals surface area (Å²) in [5, 5.41) is 9.49. The van der Waals surface area contributed by atoms with E-state index in [1.807, 2.05) is 19.1 Å². The Hall–Kier alpha value is -1.91. The number of nitrogens with zero attached hydrogens (tertiary/aromatic N) is 2. The van der Waals surface area contributed by atoms with Crippen molar-refractivity contribution in [2.45, 2.75) is 39.0 Å². The number of carbonyl (C=O) groups is 1. The maximum Gasteiger partial charge on any atom is 0.310 e. The molecular weight excluding hydrogens is 242 g/mol. The first-order chi connectivity index (χ1) is 9.09. The third-order valence-corrected chi connectivity index (χ3v) is 4.05. The van der Waals surface area contributed by atoms with E-state index >= 15 is 0 Å². The van der Waals surface area contributed by atoms with Crippen LogP contribution in [0.25, 0.3) is 11.2 Å². The highest BCUT2D eigenvalue weighted by atomic mass is 16.4. The number of H-pyrrole nitrogens is 1. The molecule has 1 fully saturated rings. The minimum Gasteiger partial charge on any atom is -0.481 e. The molecule has 1 aliphatic carbocycles. The summed E-state index contributed by atoms with van der Waals surface area (Å²) in [6.07, 6.45) is 3.93. The number of pyridine rings is 1. The van der Waals surface area contributed by atoms with Crippen LogP contribution < -0.4 is 0 Å². The molecule has 0 amide bonds. The summed E-state index contributed by atoms with van der Waals surface area (Å²) in [5.74, 6) is 0.0343. The van der Waals surface area contributed by atoms with Crippen molar-refractivity contribution in [2.75, 3.05) is 0 Å². The van der Waals surface area contributed by atoms with Gasteiger partial charge in [0.25, 0.3) is 0 Å². The van der Waals surface area contributed by atoms with Crippen molar-refractivity contribution in [1.29, 1.82) is 0 Å². The van der Waals surface area contributed by atoms with Crippen LogP contribution in [0.3, 0.4) is 0 Å². The Morgan fingerprint density at radius 1 is 1.37 bits per heavy atom. The molecule has 0 unspecified atom stereocenters. The lowest BCUT2D eigenvalue weighted by Crippen LogP contribution is -2.30. The second-order valence-electron chi connectivity index (χ2n) is 5.48. The number of aromatic amines is 1. The van der Waals surface area contributed by atoms with Crippen LogP contribution in [0.5, 0.6) is 0 Å². The quantitative estimate of drug-likeness (QED) is 0.887. The number of aliphatic carboxylic acids is 1. The molecule has 0 spiro atoms. The van der Waals surface area contributed by atoms with Crippen LogP contribution in [0.2, 0.25) is 0 Å².